The number of hydrogen-bond acceptors (Lipinski definition) is 2. The molecule has 0 amide bonds. The third-order valence-corrected chi connectivity index (χ3v) is 9.44. The molecule has 21 heavy (non-hydrogen) atoms. The first-order chi connectivity index (χ1) is 9.95. The van der Waals surface area contributed by atoms with Crippen molar-refractivity contribution in [3.8, 4) is 0 Å². The van der Waals surface area contributed by atoms with E-state index in [0.717, 1.165) is 36.5 Å². The molecule has 1 N–H and O–H groups in total. The Bertz CT molecular complexity index is 424. The van der Waals surface area contributed by atoms with Crippen molar-refractivity contribution in [3.63, 3.8) is 0 Å². The Kier molecular flexibility index (Phi) is 3.47. The van der Waals surface area contributed by atoms with Gasteiger partial charge in [0.1, 0.15) is 0 Å². The highest BCUT2D eigenvalue weighted by atomic mass is 32.1. The van der Waals surface area contributed by atoms with Crippen LogP contribution in [0.4, 0.5) is 0 Å². The lowest BCUT2D eigenvalue weighted by Crippen LogP contribution is -2.54. The molecule has 4 aliphatic rings. The van der Waals surface area contributed by atoms with E-state index in [-0.39, 0.29) is 6.10 Å². The number of rotatable bonds is 0. The topological polar surface area (TPSA) is 20.2 Å². The second-order valence-electron chi connectivity index (χ2n) is 9.22. The molecule has 2 heteroatoms. The molecule has 4 aliphatic carbocycles. The number of thiol groups is 1. The molecule has 0 aromatic rings. The average Bonchev–Trinajstić information content (AvgIpc) is 2.76. The van der Waals surface area contributed by atoms with Gasteiger partial charge in [-0.3, -0.25) is 0 Å². The van der Waals surface area contributed by atoms with E-state index in [1.807, 2.05) is 0 Å². The zero-order valence-corrected chi connectivity index (χ0v) is 14.6. The molecule has 0 radical (unpaired) electrons. The maximum atomic E-state index is 10.1. The van der Waals surface area contributed by atoms with Gasteiger partial charge in [0.2, 0.25) is 0 Å². The molecule has 0 saturated heterocycles. The molecule has 0 heterocycles. The first-order valence-corrected chi connectivity index (χ1v) is 9.83. The van der Waals surface area contributed by atoms with Crippen LogP contribution in [0.2, 0.25) is 0 Å². The van der Waals surface area contributed by atoms with E-state index >= 15 is 0 Å². The van der Waals surface area contributed by atoms with Crippen LogP contribution in [0.1, 0.15) is 71.6 Å². The minimum atomic E-state index is -0.0122. The molecule has 0 bridgehead atoms. The summed E-state index contributed by atoms with van der Waals surface area (Å²) in [5, 5.41) is 10.7. The van der Waals surface area contributed by atoms with E-state index in [1.165, 1.54) is 44.9 Å². The van der Waals surface area contributed by atoms with Crippen LogP contribution in [0.25, 0.3) is 0 Å². The monoisotopic (exact) mass is 308 g/mol. The molecule has 1 nitrogen and oxygen atoms in total. The smallest absolute Gasteiger partial charge is 0.0543 e. The lowest BCUT2D eigenvalue weighted by molar-refractivity contribution is -0.120. The van der Waals surface area contributed by atoms with Gasteiger partial charge in [0.15, 0.2) is 0 Å². The molecule has 4 saturated carbocycles. The zero-order chi connectivity index (χ0) is 14.8. The van der Waals surface area contributed by atoms with Crippen LogP contribution in [0.5, 0.6) is 0 Å². The van der Waals surface area contributed by atoms with Gasteiger partial charge < -0.3 is 5.11 Å². The van der Waals surface area contributed by atoms with Gasteiger partial charge in [-0.25, -0.2) is 0 Å². The predicted octanol–water partition coefficient (Wildman–Crippen LogP) is 4.69. The highest BCUT2D eigenvalue weighted by molar-refractivity contribution is 7.81. The Balaban J connectivity index is 1.62. The van der Waals surface area contributed by atoms with Crippen LogP contribution in [0, 0.1) is 34.5 Å². The first kappa shape index (κ1) is 14.9. The van der Waals surface area contributed by atoms with Crippen molar-refractivity contribution >= 4 is 12.6 Å². The highest BCUT2D eigenvalue weighted by Crippen LogP contribution is 2.66. The zero-order valence-electron chi connectivity index (χ0n) is 13.7. The molecule has 0 spiro atoms. The van der Waals surface area contributed by atoms with Gasteiger partial charge in [-0.2, -0.15) is 12.6 Å². The van der Waals surface area contributed by atoms with Crippen molar-refractivity contribution in [2.24, 2.45) is 34.5 Å². The standard InChI is InChI=1S/C19H32OS/c1-18-9-7-13(20)11-12(18)3-4-14-15-5-6-17(21)19(15,2)10-8-16(14)18/h12-17,20-21H,3-11H2,1-2H3/t12-,13?,14-,15-,16-,17-,18-,19-/m0/s1. The molecule has 0 aromatic carbocycles. The number of aliphatic hydroxyl groups excluding tert-OH is 1. The van der Waals surface area contributed by atoms with Gasteiger partial charge in [-0.05, 0) is 92.3 Å². The van der Waals surface area contributed by atoms with Crippen LogP contribution in [-0.2, 0) is 0 Å². The maximum absolute atomic E-state index is 10.1. The van der Waals surface area contributed by atoms with E-state index in [1.54, 1.807) is 0 Å². The summed E-state index contributed by atoms with van der Waals surface area (Å²) in [7, 11) is 0. The van der Waals surface area contributed by atoms with Gasteiger partial charge in [0, 0.05) is 5.25 Å². The molecular formula is C19H32OS. The highest BCUT2D eigenvalue weighted by Gasteiger charge is 2.59. The lowest BCUT2D eigenvalue weighted by Gasteiger charge is -2.60. The fourth-order valence-electron chi connectivity index (χ4n) is 7.21. The Morgan fingerprint density at radius 3 is 2.38 bits per heavy atom. The maximum Gasteiger partial charge on any atom is 0.0543 e. The fraction of sp³-hybridized carbons (Fsp3) is 1.00. The van der Waals surface area contributed by atoms with Crippen molar-refractivity contribution < 1.29 is 5.11 Å². The molecule has 4 rings (SSSR count). The predicted molar refractivity (Wildman–Crippen MR) is 90.5 cm³/mol. The number of fused-ring (bicyclic) bond motifs is 5. The Labute approximate surface area is 135 Å². The molecular weight excluding hydrogens is 276 g/mol. The Morgan fingerprint density at radius 1 is 0.857 bits per heavy atom. The number of aliphatic hydroxyl groups is 1. The summed E-state index contributed by atoms with van der Waals surface area (Å²) in [6, 6.07) is 0. The Morgan fingerprint density at radius 2 is 1.57 bits per heavy atom. The van der Waals surface area contributed by atoms with Crippen LogP contribution >= 0.6 is 12.6 Å². The van der Waals surface area contributed by atoms with Gasteiger partial charge in [-0.15, -0.1) is 0 Å². The SMILES string of the molecule is C[C@]12CCC(O)C[C@@H]1CC[C@@H]1[C@@H]2CC[C@]2(C)[C@@H](S)CC[C@@H]12. The van der Waals surface area contributed by atoms with Crippen LogP contribution in [0.15, 0.2) is 0 Å². The van der Waals surface area contributed by atoms with E-state index in [2.05, 4.69) is 13.8 Å². The van der Waals surface area contributed by atoms with Crippen LogP contribution < -0.4 is 0 Å². The van der Waals surface area contributed by atoms with Crippen LogP contribution in [-0.4, -0.2) is 16.5 Å². The van der Waals surface area contributed by atoms with Crippen LogP contribution in [0.3, 0.4) is 0 Å². The van der Waals surface area contributed by atoms with Crippen molar-refractivity contribution in [2.45, 2.75) is 83.0 Å². The van der Waals surface area contributed by atoms with E-state index in [4.69, 9.17) is 12.6 Å². The van der Waals surface area contributed by atoms with Crippen molar-refractivity contribution in [1.82, 2.24) is 0 Å². The average molecular weight is 309 g/mol. The van der Waals surface area contributed by atoms with E-state index in [9.17, 15) is 5.11 Å². The lowest BCUT2D eigenvalue weighted by atomic mass is 9.45. The summed E-state index contributed by atoms with van der Waals surface area (Å²) < 4.78 is 0. The minimum Gasteiger partial charge on any atom is -0.393 e. The van der Waals surface area contributed by atoms with Gasteiger partial charge in [-0.1, -0.05) is 13.8 Å². The molecule has 0 aliphatic heterocycles. The minimum absolute atomic E-state index is 0.0122. The summed E-state index contributed by atoms with van der Waals surface area (Å²) in [5.74, 6) is 3.61. The number of hydrogen-bond donors (Lipinski definition) is 2. The normalized spacial score (nSPS) is 60.0. The van der Waals surface area contributed by atoms with Gasteiger partial charge >= 0.3 is 0 Å². The summed E-state index contributed by atoms with van der Waals surface area (Å²) in [4.78, 5) is 0. The van der Waals surface area contributed by atoms with Crippen molar-refractivity contribution in [2.75, 3.05) is 0 Å². The first-order valence-electron chi connectivity index (χ1n) is 9.31. The van der Waals surface area contributed by atoms with Gasteiger partial charge in [0.05, 0.1) is 6.10 Å². The molecule has 1 unspecified atom stereocenters. The quantitative estimate of drug-likeness (QED) is 0.622. The fourth-order valence-corrected chi connectivity index (χ4v) is 7.68. The van der Waals surface area contributed by atoms with E-state index in [0.29, 0.717) is 16.1 Å². The third kappa shape index (κ3) is 2.00. The molecule has 8 atom stereocenters. The third-order valence-electron chi connectivity index (χ3n) is 8.59. The Hall–Kier alpha value is 0.310. The molecule has 120 valence electrons. The summed E-state index contributed by atoms with van der Waals surface area (Å²) in [5.41, 5.74) is 1.04. The summed E-state index contributed by atoms with van der Waals surface area (Å²) in [6.07, 6.45) is 11.8. The summed E-state index contributed by atoms with van der Waals surface area (Å²) in [6.45, 7) is 5.12. The van der Waals surface area contributed by atoms with Gasteiger partial charge in [0.25, 0.3) is 0 Å². The van der Waals surface area contributed by atoms with Crippen molar-refractivity contribution in [1.29, 1.82) is 0 Å². The molecule has 0 aromatic heterocycles. The second-order valence-corrected chi connectivity index (χ2v) is 9.85. The largest absolute Gasteiger partial charge is 0.393 e. The molecule has 4 fully saturated rings. The summed E-state index contributed by atoms with van der Waals surface area (Å²) >= 11 is 4.95. The van der Waals surface area contributed by atoms with E-state index < -0.39 is 0 Å². The van der Waals surface area contributed by atoms with Crippen molar-refractivity contribution in [3.05, 3.63) is 0 Å². The second kappa shape index (κ2) is 4.90.